The van der Waals surface area contributed by atoms with Gasteiger partial charge in [0.2, 0.25) is 11.8 Å². The van der Waals surface area contributed by atoms with Crippen LogP contribution in [0.3, 0.4) is 0 Å². The largest absolute Gasteiger partial charge is 0.423 e. The van der Waals surface area contributed by atoms with Crippen molar-refractivity contribution in [2.45, 2.75) is 45.7 Å². The second-order valence-corrected chi connectivity index (χ2v) is 4.46. The molecule has 0 amide bonds. The number of aryl methyl sites for hydroxylation is 1. The van der Waals surface area contributed by atoms with Crippen LogP contribution in [0, 0.1) is 0 Å². The highest BCUT2D eigenvalue weighted by Crippen LogP contribution is 2.16. The zero-order valence-electron chi connectivity index (χ0n) is 11.0. The molecule has 5 heteroatoms. The van der Waals surface area contributed by atoms with E-state index in [1.54, 1.807) is 0 Å². The van der Waals surface area contributed by atoms with E-state index in [4.69, 9.17) is 10.2 Å². The van der Waals surface area contributed by atoms with Gasteiger partial charge in [0.1, 0.15) is 6.54 Å². The van der Waals surface area contributed by atoms with Gasteiger partial charge in [0.05, 0.1) is 0 Å². The van der Waals surface area contributed by atoms with Crippen molar-refractivity contribution in [3.8, 4) is 0 Å². The molecule has 0 aromatic carbocycles. The van der Waals surface area contributed by atoms with Crippen molar-refractivity contribution in [1.29, 1.82) is 0 Å². The quantitative estimate of drug-likeness (QED) is 0.851. The van der Waals surface area contributed by atoms with Gasteiger partial charge in [0.15, 0.2) is 0 Å². The van der Waals surface area contributed by atoms with Gasteiger partial charge < -0.3 is 14.7 Å². The number of hydrogen-bond acceptors (Lipinski definition) is 4. The minimum absolute atomic E-state index is 0.116. The van der Waals surface area contributed by atoms with Crippen LogP contribution in [0.2, 0.25) is 0 Å². The summed E-state index contributed by atoms with van der Waals surface area (Å²) in [5, 5.41) is 7.95. The zero-order valence-corrected chi connectivity index (χ0v) is 11.0. The van der Waals surface area contributed by atoms with Gasteiger partial charge in [-0.15, -0.1) is 10.2 Å². The third-order valence-electron chi connectivity index (χ3n) is 2.93. The van der Waals surface area contributed by atoms with Crippen molar-refractivity contribution in [2.24, 2.45) is 5.73 Å². The van der Waals surface area contributed by atoms with Gasteiger partial charge in [-0.05, 0) is 18.1 Å². The third kappa shape index (κ3) is 2.98. The third-order valence-corrected chi connectivity index (χ3v) is 2.93. The highest BCUT2D eigenvalue weighted by Gasteiger charge is 2.09. The fourth-order valence-electron chi connectivity index (χ4n) is 1.91. The van der Waals surface area contributed by atoms with Gasteiger partial charge in [-0.2, -0.15) is 0 Å². The molecule has 2 aromatic rings. The van der Waals surface area contributed by atoms with Crippen molar-refractivity contribution in [3.63, 3.8) is 0 Å². The predicted octanol–water partition coefficient (Wildman–Crippen LogP) is 2.28. The Labute approximate surface area is 107 Å². The van der Waals surface area contributed by atoms with Crippen LogP contribution in [-0.4, -0.2) is 14.8 Å². The predicted molar refractivity (Wildman–Crippen MR) is 69.0 cm³/mol. The second kappa shape index (κ2) is 5.82. The van der Waals surface area contributed by atoms with E-state index in [2.05, 4.69) is 29.4 Å². The maximum Gasteiger partial charge on any atom is 0.236 e. The highest BCUT2D eigenvalue weighted by molar-refractivity contribution is 5.15. The molecule has 2 heterocycles. The van der Waals surface area contributed by atoms with Gasteiger partial charge in [-0.3, -0.25) is 0 Å². The molecule has 1 atom stereocenters. The minimum atomic E-state index is 0.116. The molecule has 0 saturated carbocycles. The number of aromatic nitrogens is 3. The smallest absolute Gasteiger partial charge is 0.236 e. The zero-order chi connectivity index (χ0) is 13.0. The van der Waals surface area contributed by atoms with Crippen LogP contribution in [0.25, 0.3) is 0 Å². The topological polar surface area (TPSA) is 69.9 Å². The lowest BCUT2D eigenvalue weighted by molar-refractivity contribution is 0.442. The van der Waals surface area contributed by atoms with E-state index in [9.17, 15) is 0 Å². The average Bonchev–Trinajstić information content (AvgIpc) is 2.99. The maximum absolute atomic E-state index is 6.07. The van der Waals surface area contributed by atoms with Gasteiger partial charge in [-0.1, -0.05) is 20.3 Å². The van der Waals surface area contributed by atoms with Crippen LogP contribution in [0.4, 0.5) is 0 Å². The first-order valence-electron chi connectivity index (χ1n) is 6.45. The maximum atomic E-state index is 6.07. The first kappa shape index (κ1) is 12.8. The lowest BCUT2D eigenvalue weighted by atomic mass is 10.1. The van der Waals surface area contributed by atoms with Crippen LogP contribution < -0.4 is 5.73 Å². The van der Waals surface area contributed by atoms with Crippen LogP contribution in [0.15, 0.2) is 22.9 Å². The summed E-state index contributed by atoms with van der Waals surface area (Å²) in [7, 11) is 0. The molecule has 0 spiro atoms. The van der Waals surface area contributed by atoms with Gasteiger partial charge >= 0.3 is 0 Å². The average molecular weight is 248 g/mol. The molecule has 5 nitrogen and oxygen atoms in total. The van der Waals surface area contributed by atoms with E-state index in [-0.39, 0.29) is 6.04 Å². The minimum Gasteiger partial charge on any atom is -0.423 e. The van der Waals surface area contributed by atoms with E-state index in [1.807, 2.05) is 17.7 Å². The molecule has 2 rings (SSSR count). The Hall–Kier alpha value is -1.62. The van der Waals surface area contributed by atoms with Crippen LogP contribution in [-0.2, 0) is 13.0 Å². The first-order chi connectivity index (χ1) is 8.72. The summed E-state index contributed by atoms with van der Waals surface area (Å²) in [4.78, 5) is 0. The molecule has 0 aliphatic heterocycles. The van der Waals surface area contributed by atoms with Crippen molar-refractivity contribution < 1.29 is 4.42 Å². The summed E-state index contributed by atoms with van der Waals surface area (Å²) < 4.78 is 7.51. The Kier molecular flexibility index (Phi) is 4.15. The molecule has 0 aliphatic rings. The molecular formula is C13H20N4O. The summed E-state index contributed by atoms with van der Waals surface area (Å²) in [5.41, 5.74) is 7.23. The molecular weight excluding hydrogens is 228 g/mol. The molecule has 0 radical (unpaired) electrons. The number of hydrogen-bond donors (Lipinski definition) is 1. The molecule has 0 saturated heterocycles. The molecule has 1 unspecified atom stereocenters. The fraction of sp³-hybridized carbons (Fsp3) is 0.538. The molecule has 0 fully saturated rings. The Morgan fingerprint density at radius 2 is 2.11 bits per heavy atom. The summed E-state index contributed by atoms with van der Waals surface area (Å²) in [6.07, 6.45) is 6.92. The van der Waals surface area contributed by atoms with Crippen LogP contribution in [0.1, 0.15) is 50.1 Å². The normalized spacial score (nSPS) is 12.8. The Balaban J connectivity index is 2.01. The molecule has 98 valence electrons. The number of nitrogens with two attached hydrogens (primary N) is 1. The molecule has 18 heavy (non-hydrogen) atoms. The molecule has 2 aromatic heterocycles. The summed E-state index contributed by atoms with van der Waals surface area (Å²) in [6, 6.07) is 2.17. The van der Waals surface area contributed by atoms with Crippen molar-refractivity contribution >= 4 is 0 Å². The summed E-state index contributed by atoms with van der Waals surface area (Å²) >= 11 is 0. The monoisotopic (exact) mass is 248 g/mol. The summed E-state index contributed by atoms with van der Waals surface area (Å²) in [6.45, 7) is 4.74. The number of rotatable bonds is 6. The van der Waals surface area contributed by atoms with Crippen molar-refractivity contribution in [1.82, 2.24) is 14.8 Å². The van der Waals surface area contributed by atoms with Gasteiger partial charge in [-0.25, -0.2) is 0 Å². The standard InChI is InChI=1S/C13H20N4O/c1-3-5-11(14)10-6-7-17(8-10)9-13-16-15-12(4-2)18-13/h6-8,11H,3-5,9,14H2,1-2H3. The van der Waals surface area contributed by atoms with E-state index < -0.39 is 0 Å². The van der Waals surface area contributed by atoms with Crippen LogP contribution >= 0.6 is 0 Å². The Morgan fingerprint density at radius 1 is 1.33 bits per heavy atom. The van der Waals surface area contributed by atoms with Crippen molar-refractivity contribution in [3.05, 3.63) is 35.8 Å². The first-order valence-corrected chi connectivity index (χ1v) is 6.45. The van der Waals surface area contributed by atoms with Crippen molar-refractivity contribution in [2.75, 3.05) is 0 Å². The Morgan fingerprint density at radius 3 is 2.78 bits per heavy atom. The van der Waals surface area contributed by atoms with Crippen LogP contribution in [0.5, 0.6) is 0 Å². The number of nitrogens with zero attached hydrogens (tertiary/aromatic N) is 3. The second-order valence-electron chi connectivity index (χ2n) is 4.46. The summed E-state index contributed by atoms with van der Waals surface area (Å²) in [5.74, 6) is 1.32. The van der Waals surface area contributed by atoms with E-state index in [0.717, 1.165) is 24.8 Å². The van der Waals surface area contributed by atoms with Gasteiger partial charge in [0.25, 0.3) is 0 Å². The fourth-order valence-corrected chi connectivity index (χ4v) is 1.91. The SMILES string of the molecule is CCCC(N)c1ccn(Cc2nnc(CC)o2)c1. The van der Waals surface area contributed by atoms with Gasteiger partial charge in [0, 0.05) is 24.9 Å². The molecule has 0 bridgehead atoms. The molecule has 0 aliphatic carbocycles. The lowest BCUT2D eigenvalue weighted by Crippen LogP contribution is -2.08. The van der Waals surface area contributed by atoms with E-state index >= 15 is 0 Å². The van der Waals surface area contributed by atoms with E-state index in [0.29, 0.717) is 18.3 Å². The molecule has 2 N–H and O–H groups in total. The highest BCUT2D eigenvalue weighted by atomic mass is 16.4. The Bertz CT molecular complexity index is 489. The lowest BCUT2D eigenvalue weighted by Gasteiger charge is -2.07. The van der Waals surface area contributed by atoms with E-state index in [1.165, 1.54) is 0 Å².